The smallest absolute Gasteiger partial charge is 0.0396 e. The van der Waals surface area contributed by atoms with Crippen LogP contribution in [-0.4, -0.2) is 19.1 Å². The monoisotopic (exact) mass is 290 g/mol. The molecule has 0 fully saturated rings. The Kier molecular flexibility index (Phi) is 7.24. The van der Waals surface area contributed by atoms with Crippen LogP contribution in [0.15, 0.2) is 18.2 Å². The summed E-state index contributed by atoms with van der Waals surface area (Å²) in [7, 11) is 0. The van der Waals surface area contributed by atoms with Gasteiger partial charge in [-0.15, -0.1) is 0 Å². The molecule has 2 heteroatoms. The van der Waals surface area contributed by atoms with E-state index in [9.17, 15) is 0 Å². The van der Waals surface area contributed by atoms with Crippen molar-refractivity contribution in [2.75, 3.05) is 18.0 Å². The van der Waals surface area contributed by atoms with Crippen LogP contribution in [0.5, 0.6) is 0 Å². The molecular formula is C19H34N2. The highest BCUT2D eigenvalue weighted by Crippen LogP contribution is 2.24. The van der Waals surface area contributed by atoms with E-state index in [0.717, 1.165) is 25.9 Å². The van der Waals surface area contributed by atoms with Gasteiger partial charge < -0.3 is 10.6 Å². The van der Waals surface area contributed by atoms with Gasteiger partial charge in [0.05, 0.1) is 0 Å². The van der Waals surface area contributed by atoms with Gasteiger partial charge in [0.2, 0.25) is 0 Å². The lowest BCUT2D eigenvalue weighted by Crippen LogP contribution is -2.32. The summed E-state index contributed by atoms with van der Waals surface area (Å²) in [5.41, 5.74) is 10.2. The summed E-state index contributed by atoms with van der Waals surface area (Å²) in [6.45, 7) is 15.8. The van der Waals surface area contributed by atoms with Crippen molar-refractivity contribution in [1.29, 1.82) is 0 Å². The van der Waals surface area contributed by atoms with Gasteiger partial charge in [-0.25, -0.2) is 0 Å². The van der Waals surface area contributed by atoms with E-state index in [1.807, 2.05) is 0 Å². The lowest BCUT2D eigenvalue weighted by Gasteiger charge is -2.30. The largest absolute Gasteiger partial charge is 0.371 e. The number of benzene rings is 1. The zero-order valence-electron chi connectivity index (χ0n) is 14.8. The molecule has 21 heavy (non-hydrogen) atoms. The van der Waals surface area contributed by atoms with Gasteiger partial charge in [0, 0.05) is 24.8 Å². The second kappa shape index (κ2) is 8.43. The quantitative estimate of drug-likeness (QED) is 0.769. The maximum Gasteiger partial charge on any atom is 0.0396 e. The Hall–Kier alpha value is -1.02. The van der Waals surface area contributed by atoms with E-state index in [0.29, 0.717) is 11.8 Å². The number of hydrogen-bond donors (Lipinski definition) is 1. The van der Waals surface area contributed by atoms with Crippen molar-refractivity contribution < 1.29 is 0 Å². The summed E-state index contributed by atoms with van der Waals surface area (Å²) < 4.78 is 0. The molecule has 0 aliphatic rings. The first-order chi connectivity index (χ1) is 9.83. The van der Waals surface area contributed by atoms with E-state index < -0.39 is 0 Å². The summed E-state index contributed by atoms with van der Waals surface area (Å²) in [4.78, 5) is 2.54. The normalized spacial score (nSPS) is 13.0. The van der Waals surface area contributed by atoms with Crippen molar-refractivity contribution in [3.05, 3.63) is 29.3 Å². The molecule has 0 radical (unpaired) electrons. The highest BCUT2D eigenvalue weighted by molar-refractivity contribution is 5.54. The zero-order chi connectivity index (χ0) is 16.0. The Morgan fingerprint density at radius 1 is 1.05 bits per heavy atom. The third-order valence-corrected chi connectivity index (χ3v) is 3.80. The van der Waals surface area contributed by atoms with Crippen LogP contribution in [0.2, 0.25) is 0 Å². The molecule has 0 aromatic heterocycles. The van der Waals surface area contributed by atoms with Gasteiger partial charge in [0.1, 0.15) is 0 Å². The minimum Gasteiger partial charge on any atom is -0.371 e. The molecule has 0 saturated heterocycles. The lowest BCUT2D eigenvalue weighted by atomic mass is 10.0. The molecule has 0 heterocycles. The number of nitrogens with two attached hydrogens (primary N) is 1. The van der Waals surface area contributed by atoms with Crippen molar-refractivity contribution in [1.82, 2.24) is 0 Å². The van der Waals surface area contributed by atoms with Crippen LogP contribution in [0.4, 0.5) is 5.69 Å². The van der Waals surface area contributed by atoms with Crippen molar-refractivity contribution >= 4 is 5.69 Å². The molecule has 0 amide bonds. The van der Waals surface area contributed by atoms with Gasteiger partial charge in [0.15, 0.2) is 0 Å². The van der Waals surface area contributed by atoms with Gasteiger partial charge in [-0.1, -0.05) is 46.8 Å². The summed E-state index contributed by atoms with van der Waals surface area (Å²) in [6.07, 6.45) is 2.01. The van der Waals surface area contributed by atoms with Crippen LogP contribution >= 0.6 is 0 Å². The molecule has 1 atom stereocenters. The first kappa shape index (κ1) is 18.0. The van der Waals surface area contributed by atoms with Crippen molar-refractivity contribution in [3.8, 4) is 0 Å². The average Bonchev–Trinajstić information content (AvgIpc) is 2.36. The topological polar surface area (TPSA) is 29.3 Å². The molecule has 120 valence electrons. The van der Waals surface area contributed by atoms with E-state index in [1.54, 1.807) is 0 Å². The second-order valence-electron chi connectivity index (χ2n) is 7.19. The summed E-state index contributed by atoms with van der Waals surface area (Å²) >= 11 is 0. The molecule has 0 bridgehead atoms. The molecule has 0 aliphatic carbocycles. The Morgan fingerprint density at radius 2 is 1.62 bits per heavy atom. The number of anilines is 1. The van der Waals surface area contributed by atoms with E-state index in [2.05, 4.69) is 64.6 Å². The summed E-state index contributed by atoms with van der Waals surface area (Å²) in [5, 5.41) is 0. The molecule has 1 aromatic carbocycles. The van der Waals surface area contributed by atoms with E-state index >= 15 is 0 Å². The minimum atomic E-state index is 0.276. The van der Waals surface area contributed by atoms with E-state index in [-0.39, 0.29) is 6.04 Å². The molecule has 2 N–H and O–H groups in total. The Balaban J connectivity index is 2.93. The Morgan fingerprint density at radius 3 is 2.05 bits per heavy atom. The third kappa shape index (κ3) is 6.09. The maximum absolute atomic E-state index is 6.07. The standard InChI is InChI=1S/C19H34N2/c1-7-18(20)11-17-8-9-19(16(6)10-17)21(12-14(2)3)13-15(4)5/h8-10,14-15,18H,7,11-13,20H2,1-6H3. The first-order valence-electron chi connectivity index (χ1n) is 8.43. The number of aryl methyl sites for hydroxylation is 1. The predicted octanol–water partition coefficient (Wildman–Crippen LogP) is 4.39. The van der Waals surface area contributed by atoms with Gasteiger partial charge in [-0.3, -0.25) is 0 Å². The molecule has 1 rings (SSSR count). The molecule has 0 aliphatic heterocycles. The van der Waals surface area contributed by atoms with E-state index in [1.165, 1.54) is 16.8 Å². The van der Waals surface area contributed by atoms with Gasteiger partial charge in [-0.2, -0.15) is 0 Å². The highest BCUT2D eigenvalue weighted by Gasteiger charge is 2.13. The van der Waals surface area contributed by atoms with Crippen molar-refractivity contribution in [3.63, 3.8) is 0 Å². The number of rotatable bonds is 8. The summed E-state index contributed by atoms with van der Waals surface area (Å²) in [5.74, 6) is 1.35. The lowest BCUT2D eigenvalue weighted by molar-refractivity contribution is 0.552. The molecule has 0 saturated carbocycles. The predicted molar refractivity (Wildman–Crippen MR) is 95.0 cm³/mol. The van der Waals surface area contributed by atoms with Crippen LogP contribution in [0.25, 0.3) is 0 Å². The fourth-order valence-corrected chi connectivity index (χ4v) is 2.80. The summed E-state index contributed by atoms with van der Waals surface area (Å²) in [6, 6.07) is 7.14. The molecule has 1 aromatic rings. The van der Waals surface area contributed by atoms with Crippen molar-refractivity contribution in [2.24, 2.45) is 17.6 Å². The molecule has 1 unspecified atom stereocenters. The zero-order valence-corrected chi connectivity index (χ0v) is 14.8. The molecular weight excluding hydrogens is 256 g/mol. The van der Waals surface area contributed by atoms with Crippen LogP contribution < -0.4 is 10.6 Å². The minimum absolute atomic E-state index is 0.276. The van der Waals surface area contributed by atoms with Crippen molar-refractivity contribution in [2.45, 2.75) is 60.4 Å². The SMILES string of the molecule is CCC(N)Cc1ccc(N(CC(C)C)CC(C)C)c(C)c1. The number of hydrogen-bond acceptors (Lipinski definition) is 2. The number of nitrogens with zero attached hydrogens (tertiary/aromatic N) is 1. The highest BCUT2D eigenvalue weighted by atomic mass is 15.1. The van der Waals surface area contributed by atoms with Crippen LogP contribution in [0, 0.1) is 18.8 Å². The van der Waals surface area contributed by atoms with Gasteiger partial charge in [0.25, 0.3) is 0 Å². The first-order valence-corrected chi connectivity index (χ1v) is 8.43. The van der Waals surface area contributed by atoms with Gasteiger partial charge in [-0.05, 0) is 48.8 Å². The van der Waals surface area contributed by atoms with Crippen LogP contribution in [0.3, 0.4) is 0 Å². The van der Waals surface area contributed by atoms with Crippen LogP contribution in [0.1, 0.15) is 52.2 Å². The third-order valence-electron chi connectivity index (χ3n) is 3.80. The molecule has 0 spiro atoms. The average molecular weight is 290 g/mol. The van der Waals surface area contributed by atoms with Gasteiger partial charge >= 0.3 is 0 Å². The van der Waals surface area contributed by atoms with Crippen LogP contribution in [-0.2, 0) is 6.42 Å². The Labute approximate surface area is 131 Å². The maximum atomic E-state index is 6.07. The molecule has 2 nitrogen and oxygen atoms in total. The second-order valence-corrected chi connectivity index (χ2v) is 7.19. The fraction of sp³-hybridized carbons (Fsp3) is 0.684. The van der Waals surface area contributed by atoms with E-state index in [4.69, 9.17) is 5.73 Å². The fourth-order valence-electron chi connectivity index (χ4n) is 2.80. The Bertz CT molecular complexity index is 414.